The molecule has 1 aliphatic heterocycles. The van der Waals surface area contributed by atoms with Gasteiger partial charge in [0.2, 0.25) is 5.91 Å². The lowest BCUT2D eigenvalue weighted by molar-refractivity contribution is -0.151. The zero-order valence-corrected chi connectivity index (χ0v) is 20.8. The highest BCUT2D eigenvalue weighted by Gasteiger charge is 2.48. The van der Waals surface area contributed by atoms with Gasteiger partial charge in [-0.1, -0.05) is 35.9 Å². The molecule has 2 saturated carbocycles. The number of rotatable bonds is 4. The lowest BCUT2D eigenvalue weighted by atomic mass is 9.84. The summed E-state index contributed by atoms with van der Waals surface area (Å²) in [6.45, 7) is 1.79. The number of alkyl halides is 2. The van der Waals surface area contributed by atoms with Gasteiger partial charge in [0.05, 0.1) is 17.0 Å². The number of halogens is 4. The van der Waals surface area contributed by atoms with Gasteiger partial charge in [0.1, 0.15) is 6.10 Å². The molecule has 2 fully saturated rings. The van der Waals surface area contributed by atoms with Crippen LogP contribution in [0.4, 0.5) is 8.78 Å². The van der Waals surface area contributed by atoms with Crippen LogP contribution in [0.25, 0.3) is 11.1 Å². The lowest BCUT2D eigenvalue weighted by Crippen LogP contribution is -2.57. The van der Waals surface area contributed by atoms with Gasteiger partial charge >= 0.3 is 0 Å². The fourth-order valence-electron chi connectivity index (χ4n) is 5.06. The number of pyridine rings is 1. The summed E-state index contributed by atoms with van der Waals surface area (Å²) in [4.78, 5) is 23.6. The molecule has 1 aromatic heterocycles. The number of guanidine groups is 1. The van der Waals surface area contributed by atoms with Crippen LogP contribution in [0.15, 0.2) is 41.5 Å². The Balaban J connectivity index is 0.00000289. The minimum Gasteiger partial charge on any atom is -0.387 e. The van der Waals surface area contributed by atoms with E-state index in [4.69, 9.17) is 17.3 Å². The number of hydrogen-bond acceptors (Lipinski definition) is 5. The molecule has 10 heteroatoms. The Bertz CT molecular complexity index is 1160. The number of benzene rings is 1. The van der Waals surface area contributed by atoms with Crippen molar-refractivity contribution >= 4 is 35.9 Å². The van der Waals surface area contributed by atoms with Gasteiger partial charge in [-0.05, 0) is 37.8 Å². The fraction of sp³-hybridized carbons (Fsp3) is 0.480. The molecule has 1 amide bonds. The van der Waals surface area contributed by atoms with Crippen LogP contribution < -0.4 is 5.73 Å². The Morgan fingerprint density at radius 2 is 1.94 bits per heavy atom. The second kappa shape index (κ2) is 9.30. The molecule has 3 N–H and O–H groups in total. The molecule has 3 atom stereocenters. The Kier molecular flexibility index (Phi) is 6.85. The van der Waals surface area contributed by atoms with Crippen molar-refractivity contribution < 1.29 is 18.7 Å². The monoisotopic (exact) mass is 524 g/mol. The molecule has 5 rings (SSSR count). The van der Waals surface area contributed by atoms with E-state index in [1.165, 1.54) is 17.7 Å². The van der Waals surface area contributed by atoms with Gasteiger partial charge in [-0.3, -0.25) is 14.7 Å². The van der Waals surface area contributed by atoms with Gasteiger partial charge < -0.3 is 10.8 Å². The highest BCUT2D eigenvalue weighted by atomic mass is 35.5. The van der Waals surface area contributed by atoms with Gasteiger partial charge in [0.25, 0.3) is 5.92 Å². The van der Waals surface area contributed by atoms with Crippen molar-refractivity contribution in [3.05, 3.63) is 52.8 Å². The maximum Gasteiger partial charge on any atom is 0.273 e. The summed E-state index contributed by atoms with van der Waals surface area (Å²) in [5.41, 5.74) is 8.60. The highest BCUT2D eigenvalue weighted by Crippen LogP contribution is 2.44. The molecule has 6 nitrogen and oxygen atoms in total. The SMILES string of the molecule is C[C@@]1(c2cccc(-c3ccc(C4CC4)nc3)c2Cl)CC(=O)N([C@@H]2CCC(F)(F)[C@H](O)C2)C(N)=N1.Cl. The van der Waals surface area contributed by atoms with Crippen LogP contribution in [-0.2, 0) is 10.3 Å². The van der Waals surface area contributed by atoms with Gasteiger partial charge in [-0.2, -0.15) is 0 Å². The summed E-state index contributed by atoms with van der Waals surface area (Å²) >= 11 is 6.83. The molecule has 2 heterocycles. The van der Waals surface area contributed by atoms with Crippen LogP contribution in [-0.4, -0.2) is 44.9 Å². The largest absolute Gasteiger partial charge is 0.387 e. The number of nitrogens with zero attached hydrogens (tertiary/aromatic N) is 3. The maximum atomic E-state index is 13.7. The topological polar surface area (TPSA) is 91.8 Å². The van der Waals surface area contributed by atoms with Gasteiger partial charge in [0, 0.05) is 47.8 Å². The normalized spacial score (nSPS) is 28.3. The van der Waals surface area contributed by atoms with Crippen LogP contribution in [0.5, 0.6) is 0 Å². The van der Waals surface area contributed by atoms with Crippen molar-refractivity contribution in [2.75, 3.05) is 0 Å². The van der Waals surface area contributed by atoms with E-state index >= 15 is 0 Å². The second-order valence-corrected chi connectivity index (χ2v) is 10.2. The molecule has 1 aromatic carbocycles. The first-order valence-electron chi connectivity index (χ1n) is 11.6. The minimum absolute atomic E-state index is 0. The molecule has 0 spiro atoms. The summed E-state index contributed by atoms with van der Waals surface area (Å²) in [5.74, 6) is -2.97. The van der Waals surface area contributed by atoms with E-state index in [9.17, 15) is 18.7 Å². The van der Waals surface area contributed by atoms with E-state index in [-0.39, 0.29) is 43.5 Å². The predicted molar refractivity (Wildman–Crippen MR) is 133 cm³/mol. The molecule has 0 radical (unpaired) electrons. The number of aliphatic hydroxyl groups excluding tert-OH is 1. The molecular weight excluding hydrogens is 497 g/mol. The summed E-state index contributed by atoms with van der Waals surface area (Å²) in [5, 5.41) is 10.3. The Labute approximate surface area is 214 Å². The third kappa shape index (κ3) is 4.76. The van der Waals surface area contributed by atoms with Gasteiger partial charge in [-0.15, -0.1) is 12.4 Å². The number of carbonyl (C=O) groups is 1. The molecule has 0 saturated heterocycles. The third-order valence-corrected chi connectivity index (χ3v) is 7.61. The number of aliphatic hydroxyl groups is 1. The predicted octanol–water partition coefficient (Wildman–Crippen LogP) is 5.01. The van der Waals surface area contributed by atoms with Crippen molar-refractivity contribution in [1.82, 2.24) is 9.88 Å². The molecule has 35 heavy (non-hydrogen) atoms. The second-order valence-electron chi connectivity index (χ2n) is 9.80. The average molecular weight is 525 g/mol. The molecule has 2 aliphatic carbocycles. The van der Waals surface area contributed by atoms with Crippen LogP contribution in [0, 0.1) is 0 Å². The van der Waals surface area contributed by atoms with Crippen molar-refractivity contribution in [3.8, 4) is 11.1 Å². The van der Waals surface area contributed by atoms with Crippen molar-refractivity contribution in [2.24, 2.45) is 10.7 Å². The van der Waals surface area contributed by atoms with E-state index < -0.39 is 30.0 Å². The molecule has 0 unspecified atom stereocenters. The molecule has 2 aromatic rings. The average Bonchev–Trinajstić information content (AvgIpc) is 3.61. The van der Waals surface area contributed by atoms with E-state index in [1.54, 1.807) is 6.92 Å². The smallest absolute Gasteiger partial charge is 0.273 e. The molecular formula is C25H28Cl2F2N4O2. The number of nitrogens with two attached hydrogens (primary N) is 1. The maximum absolute atomic E-state index is 13.7. The van der Waals surface area contributed by atoms with Crippen LogP contribution >= 0.6 is 24.0 Å². The van der Waals surface area contributed by atoms with Crippen LogP contribution in [0.3, 0.4) is 0 Å². The van der Waals surface area contributed by atoms with E-state index in [0.29, 0.717) is 16.5 Å². The molecule has 0 bridgehead atoms. The van der Waals surface area contributed by atoms with Gasteiger partial charge in [0.15, 0.2) is 5.96 Å². The fourth-order valence-corrected chi connectivity index (χ4v) is 5.50. The summed E-state index contributed by atoms with van der Waals surface area (Å²) < 4.78 is 27.5. The number of carbonyl (C=O) groups excluding carboxylic acids is 1. The first kappa shape index (κ1) is 25.8. The number of aliphatic imine (C=N–C) groups is 1. The van der Waals surface area contributed by atoms with Crippen LogP contribution in [0.2, 0.25) is 5.02 Å². The van der Waals surface area contributed by atoms with E-state index in [0.717, 1.165) is 16.8 Å². The van der Waals surface area contributed by atoms with Crippen LogP contribution in [0.1, 0.15) is 62.6 Å². The number of hydrogen-bond donors (Lipinski definition) is 2. The van der Waals surface area contributed by atoms with E-state index in [2.05, 4.69) is 9.98 Å². The van der Waals surface area contributed by atoms with Crippen molar-refractivity contribution in [2.45, 2.75) is 75.0 Å². The summed E-state index contributed by atoms with van der Waals surface area (Å²) in [6.07, 6.45) is 1.63. The zero-order valence-electron chi connectivity index (χ0n) is 19.3. The Morgan fingerprint density at radius 1 is 1.20 bits per heavy atom. The molecule has 188 valence electrons. The molecule has 3 aliphatic rings. The first-order valence-corrected chi connectivity index (χ1v) is 12.0. The highest BCUT2D eigenvalue weighted by molar-refractivity contribution is 6.34. The Hall–Kier alpha value is -2.29. The Morgan fingerprint density at radius 3 is 2.54 bits per heavy atom. The lowest BCUT2D eigenvalue weighted by Gasteiger charge is -2.43. The third-order valence-electron chi connectivity index (χ3n) is 7.20. The standard InChI is InChI=1S/C25H27ClF2N4O2.ClH/c1-24(12-21(34)32(23(29)31-24)16-9-10-25(27,28)20(33)11-16)18-4-2-3-17(22(18)26)15-7-8-19(30-13-15)14-5-6-14;/h2-4,7-8,13-14,16,20,33H,5-6,9-12H2,1H3,(H2,29,31);1H/t16-,20-,24+;/m1./s1. The number of aromatic nitrogens is 1. The number of amides is 1. The van der Waals surface area contributed by atoms with E-state index in [1.807, 2.05) is 36.5 Å². The van der Waals surface area contributed by atoms with Crippen molar-refractivity contribution in [3.63, 3.8) is 0 Å². The minimum atomic E-state index is -3.16. The van der Waals surface area contributed by atoms with Crippen molar-refractivity contribution in [1.29, 1.82) is 0 Å². The van der Waals surface area contributed by atoms with Gasteiger partial charge in [-0.25, -0.2) is 13.8 Å². The summed E-state index contributed by atoms with van der Waals surface area (Å²) in [6, 6.07) is 8.99. The summed E-state index contributed by atoms with van der Waals surface area (Å²) in [7, 11) is 0. The first-order chi connectivity index (χ1) is 16.1. The zero-order chi connectivity index (χ0) is 24.3. The quantitative estimate of drug-likeness (QED) is 0.587.